The largest absolute Gasteiger partial charge is 0.396 e. The number of hydrogen-bond acceptors (Lipinski definition) is 3. The van der Waals surface area contributed by atoms with Gasteiger partial charge in [-0.3, -0.25) is 4.79 Å². The lowest BCUT2D eigenvalue weighted by Crippen LogP contribution is -2.48. The molecule has 0 unspecified atom stereocenters. The van der Waals surface area contributed by atoms with E-state index in [4.69, 9.17) is 0 Å². The zero-order valence-corrected chi connectivity index (χ0v) is 11.4. The number of aliphatic hydroxyl groups excluding tert-OH is 1. The summed E-state index contributed by atoms with van der Waals surface area (Å²) in [5.41, 5.74) is -0.264. The first-order valence-corrected chi connectivity index (χ1v) is 7.20. The molecule has 1 aliphatic heterocycles. The van der Waals surface area contributed by atoms with Crippen molar-refractivity contribution >= 4 is 5.91 Å². The van der Waals surface area contributed by atoms with E-state index in [0.717, 1.165) is 38.8 Å². The smallest absolute Gasteiger partial charge is 0.226 e. The van der Waals surface area contributed by atoms with E-state index in [9.17, 15) is 9.90 Å². The first kappa shape index (κ1) is 13.8. The molecule has 0 atom stereocenters. The topological polar surface area (TPSA) is 61.4 Å². The van der Waals surface area contributed by atoms with Gasteiger partial charge in [0.1, 0.15) is 0 Å². The highest BCUT2D eigenvalue weighted by Gasteiger charge is 2.38. The van der Waals surface area contributed by atoms with Gasteiger partial charge in [0.25, 0.3) is 0 Å². The van der Waals surface area contributed by atoms with Gasteiger partial charge >= 0.3 is 0 Å². The van der Waals surface area contributed by atoms with E-state index in [-0.39, 0.29) is 23.3 Å². The summed E-state index contributed by atoms with van der Waals surface area (Å²) in [4.78, 5) is 12.3. The summed E-state index contributed by atoms with van der Waals surface area (Å²) in [5.74, 6) is 0.170. The van der Waals surface area contributed by atoms with E-state index in [1.165, 1.54) is 12.8 Å². The molecule has 2 aliphatic rings. The zero-order chi connectivity index (χ0) is 13.1. The Hall–Kier alpha value is -0.610. The third-order valence-electron chi connectivity index (χ3n) is 4.88. The van der Waals surface area contributed by atoms with Crippen molar-refractivity contribution in [3.8, 4) is 0 Å². The summed E-state index contributed by atoms with van der Waals surface area (Å²) in [6, 6.07) is 0. The average molecular weight is 254 g/mol. The maximum absolute atomic E-state index is 12.3. The van der Waals surface area contributed by atoms with Gasteiger partial charge in [-0.05, 0) is 38.8 Å². The number of hydrogen-bond donors (Lipinski definition) is 3. The van der Waals surface area contributed by atoms with Crippen molar-refractivity contribution in [3.63, 3.8) is 0 Å². The predicted molar refractivity (Wildman–Crippen MR) is 71.2 cm³/mol. The van der Waals surface area contributed by atoms with E-state index in [1.54, 1.807) is 0 Å². The van der Waals surface area contributed by atoms with Crippen molar-refractivity contribution in [2.24, 2.45) is 10.8 Å². The van der Waals surface area contributed by atoms with Gasteiger partial charge in [0.05, 0.1) is 6.61 Å². The van der Waals surface area contributed by atoms with Crippen LogP contribution in [0.25, 0.3) is 0 Å². The van der Waals surface area contributed by atoms with Gasteiger partial charge in [-0.15, -0.1) is 0 Å². The Kier molecular flexibility index (Phi) is 4.28. The highest BCUT2D eigenvalue weighted by Crippen LogP contribution is 2.37. The summed E-state index contributed by atoms with van der Waals surface area (Å²) in [5, 5.41) is 15.9. The van der Waals surface area contributed by atoms with Crippen molar-refractivity contribution in [1.29, 1.82) is 0 Å². The van der Waals surface area contributed by atoms with E-state index in [1.807, 2.05) is 0 Å². The molecule has 4 nitrogen and oxygen atoms in total. The molecular formula is C14H26N2O2. The molecule has 2 rings (SSSR count). The monoisotopic (exact) mass is 254 g/mol. The van der Waals surface area contributed by atoms with Crippen molar-refractivity contribution < 1.29 is 9.90 Å². The SMILES string of the molecule is CC1(C(=O)NCC2(CO)CCCC2)CCNCC1. The van der Waals surface area contributed by atoms with E-state index in [2.05, 4.69) is 17.6 Å². The van der Waals surface area contributed by atoms with Gasteiger partial charge in [-0.25, -0.2) is 0 Å². The van der Waals surface area contributed by atoms with Gasteiger partial charge in [0.2, 0.25) is 5.91 Å². The Morgan fingerprint density at radius 3 is 2.39 bits per heavy atom. The van der Waals surface area contributed by atoms with Gasteiger partial charge in [0.15, 0.2) is 0 Å². The molecule has 1 saturated heterocycles. The lowest BCUT2D eigenvalue weighted by atomic mass is 9.79. The maximum Gasteiger partial charge on any atom is 0.226 e. The van der Waals surface area contributed by atoms with Crippen molar-refractivity contribution in [2.75, 3.05) is 26.2 Å². The fraction of sp³-hybridized carbons (Fsp3) is 0.929. The number of carbonyl (C=O) groups excluding carboxylic acids is 1. The normalized spacial score (nSPS) is 25.9. The van der Waals surface area contributed by atoms with Crippen LogP contribution >= 0.6 is 0 Å². The minimum atomic E-state index is -0.222. The van der Waals surface area contributed by atoms with Crippen LogP contribution in [0.1, 0.15) is 45.4 Å². The molecule has 0 bridgehead atoms. The van der Waals surface area contributed by atoms with Crippen molar-refractivity contribution in [2.45, 2.75) is 45.4 Å². The lowest BCUT2D eigenvalue weighted by molar-refractivity contribution is -0.132. The Morgan fingerprint density at radius 2 is 1.83 bits per heavy atom. The molecule has 104 valence electrons. The summed E-state index contributed by atoms with van der Waals surface area (Å²) in [7, 11) is 0. The van der Waals surface area contributed by atoms with Crippen LogP contribution in [0.15, 0.2) is 0 Å². The summed E-state index contributed by atoms with van der Waals surface area (Å²) in [6.45, 7) is 4.75. The molecule has 1 heterocycles. The third kappa shape index (κ3) is 2.86. The second-order valence-electron chi connectivity index (χ2n) is 6.36. The quantitative estimate of drug-likeness (QED) is 0.702. The zero-order valence-electron chi connectivity index (χ0n) is 11.4. The van der Waals surface area contributed by atoms with E-state index < -0.39 is 0 Å². The Bertz CT molecular complexity index is 292. The Balaban J connectivity index is 1.87. The fourth-order valence-corrected chi connectivity index (χ4v) is 3.20. The molecule has 2 fully saturated rings. The Morgan fingerprint density at radius 1 is 1.22 bits per heavy atom. The van der Waals surface area contributed by atoms with Crippen LogP contribution in [-0.2, 0) is 4.79 Å². The molecule has 0 aromatic heterocycles. The average Bonchev–Trinajstić information content (AvgIpc) is 2.86. The molecule has 3 N–H and O–H groups in total. The van der Waals surface area contributed by atoms with Crippen molar-refractivity contribution in [3.05, 3.63) is 0 Å². The van der Waals surface area contributed by atoms with Crippen LogP contribution in [-0.4, -0.2) is 37.3 Å². The third-order valence-corrected chi connectivity index (χ3v) is 4.88. The maximum atomic E-state index is 12.3. The molecule has 1 aliphatic carbocycles. The van der Waals surface area contributed by atoms with Gasteiger partial charge in [0, 0.05) is 17.4 Å². The molecule has 1 amide bonds. The summed E-state index contributed by atoms with van der Waals surface area (Å²) in [6.07, 6.45) is 6.26. The number of amides is 1. The van der Waals surface area contributed by atoms with Gasteiger partial charge in [-0.1, -0.05) is 19.8 Å². The number of carbonyl (C=O) groups is 1. The van der Waals surface area contributed by atoms with Crippen LogP contribution in [0.5, 0.6) is 0 Å². The van der Waals surface area contributed by atoms with Crippen LogP contribution < -0.4 is 10.6 Å². The highest BCUT2D eigenvalue weighted by molar-refractivity contribution is 5.82. The van der Waals surface area contributed by atoms with Crippen molar-refractivity contribution in [1.82, 2.24) is 10.6 Å². The Labute approximate surface area is 110 Å². The minimum absolute atomic E-state index is 0.0427. The van der Waals surface area contributed by atoms with Crippen LogP contribution in [0.3, 0.4) is 0 Å². The lowest BCUT2D eigenvalue weighted by Gasteiger charge is -2.34. The van der Waals surface area contributed by atoms with Gasteiger partial charge < -0.3 is 15.7 Å². The van der Waals surface area contributed by atoms with E-state index >= 15 is 0 Å². The second-order valence-corrected chi connectivity index (χ2v) is 6.36. The molecule has 4 heteroatoms. The standard InChI is InChI=1S/C14H26N2O2/c1-13(6-8-15-9-7-13)12(18)16-10-14(11-17)4-2-3-5-14/h15,17H,2-11H2,1H3,(H,16,18). The van der Waals surface area contributed by atoms with Crippen LogP contribution in [0.4, 0.5) is 0 Å². The summed E-state index contributed by atoms with van der Waals surface area (Å²) >= 11 is 0. The molecule has 1 saturated carbocycles. The molecule has 0 aromatic rings. The number of piperidine rings is 1. The summed E-state index contributed by atoms with van der Waals surface area (Å²) < 4.78 is 0. The predicted octanol–water partition coefficient (Wildman–Crippen LogP) is 1.04. The first-order valence-electron chi connectivity index (χ1n) is 7.20. The number of aliphatic hydroxyl groups is 1. The second kappa shape index (κ2) is 5.57. The van der Waals surface area contributed by atoms with Crippen LogP contribution in [0.2, 0.25) is 0 Å². The first-order chi connectivity index (χ1) is 8.60. The minimum Gasteiger partial charge on any atom is -0.396 e. The molecular weight excluding hydrogens is 228 g/mol. The van der Waals surface area contributed by atoms with Gasteiger partial charge in [-0.2, -0.15) is 0 Å². The molecule has 0 spiro atoms. The number of nitrogens with one attached hydrogen (secondary N) is 2. The highest BCUT2D eigenvalue weighted by atomic mass is 16.3. The molecule has 18 heavy (non-hydrogen) atoms. The molecule has 0 aromatic carbocycles. The molecule has 0 radical (unpaired) electrons. The van der Waals surface area contributed by atoms with Crippen LogP contribution in [0, 0.1) is 10.8 Å². The fourth-order valence-electron chi connectivity index (χ4n) is 3.20. The van der Waals surface area contributed by atoms with E-state index in [0.29, 0.717) is 6.54 Å². The number of rotatable bonds is 4.